The van der Waals surface area contributed by atoms with Crippen LogP contribution in [0.15, 0.2) is 84.9 Å². The predicted molar refractivity (Wildman–Crippen MR) is 135 cm³/mol. The quantitative estimate of drug-likeness (QED) is 0.325. The summed E-state index contributed by atoms with van der Waals surface area (Å²) in [5.74, 6) is 3.17. The molecule has 0 spiro atoms. The van der Waals surface area contributed by atoms with Crippen molar-refractivity contribution in [3.8, 4) is 45.3 Å². The molecule has 0 aliphatic rings. The Labute approximate surface area is 201 Å². The third-order valence-electron chi connectivity index (χ3n) is 5.37. The van der Waals surface area contributed by atoms with Gasteiger partial charge in [-0.05, 0) is 0 Å². The number of methoxy groups -OCH3 is 4. The summed E-state index contributed by atoms with van der Waals surface area (Å²) in [4.78, 5) is 0. The van der Waals surface area contributed by atoms with E-state index in [0.717, 1.165) is 45.3 Å². The number of hydrogen-bond donors (Lipinski definition) is 0. The van der Waals surface area contributed by atoms with Gasteiger partial charge in [0.15, 0.2) is 0 Å². The van der Waals surface area contributed by atoms with E-state index in [4.69, 9.17) is 18.9 Å². The molecule has 0 N–H and O–H groups in total. The zero-order valence-corrected chi connectivity index (χ0v) is 20.8. The van der Waals surface area contributed by atoms with Gasteiger partial charge in [0.1, 0.15) is 0 Å². The van der Waals surface area contributed by atoms with Crippen molar-refractivity contribution in [2.75, 3.05) is 28.4 Å². The molecular formula is C28H26O4Se. The van der Waals surface area contributed by atoms with Crippen LogP contribution >= 0.6 is 0 Å². The molecule has 4 nitrogen and oxygen atoms in total. The van der Waals surface area contributed by atoms with E-state index in [0.29, 0.717) is 0 Å². The number of hydrogen-bond acceptors (Lipinski definition) is 4. The zero-order chi connectivity index (χ0) is 23.2. The molecule has 0 amide bonds. The number of benzene rings is 4. The van der Waals surface area contributed by atoms with Gasteiger partial charge >= 0.3 is 201 Å². The minimum atomic E-state index is 0.0232. The van der Waals surface area contributed by atoms with E-state index < -0.39 is 0 Å². The molecule has 0 aliphatic carbocycles. The van der Waals surface area contributed by atoms with Gasteiger partial charge in [-0.2, -0.15) is 0 Å². The molecule has 0 heterocycles. The standard InChI is InChI=1S/C28H26O4Se/c1-29-19-13-15-26(31-3)24(17-19)22-11-8-12-23(28(22)33-21-9-6-5-7-10-21)25-18-20(30-2)14-16-27(25)32-4/h5-18H,1-4H3. The molecule has 4 aromatic rings. The maximum atomic E-state index is 5.74. The minimum absolute atomic E-state index is 0.0232. The van der Waals surface area contributed by atoms with Crippen LogP contribution in [-0.4, -0.2) is 43.4 Å². The Kier molecular flexibility index (Phi) is 7.23. The Morgan fingerprint density at radius 1 is 0.485 bits per heavy atom. The van der Waals surface area contributed by atoms with Crippen molar-refractivity contribution in [2.24, 2.45) is 0 Å². The number of rotatable bonds is 8. The van der Waals surface area contributed by atoms with E-state index >= 15 is 0 Å². The Hall–Kier alpha value is -3.40. The fourth-order valence-corrected chi connectivity index (χ4v) is 6.04. The summed E-state index contributed by atoms with van der Waals surface area (Å²) >= 11 is 0.0232. The Morgan fingerprint density at radius 3 is 1.45 bits per heavy atom. The van der Waals surface area contributed by atoms with Gasteiger partial charge in [0.05, 0.1) is 0 Å². The molecule has 0 atom stereocenters. The van der Waals surface area contributed by atoms with Gasteiger partial charge in [-0.3, -0.25) is 0 Å². The van der Waals surface area contributed by atoms with Crippen molar-refractivity contribution < 1.29 is 18.9 Å². The van der Waals surface area contributed by atoms with Crippen molar-refractivity contribution in [2.45, 2.75) is 0 Å². The molecule has 0 aliphatic heterocycles. The fourth-order valence-electron chi connectivity index (χ4n) is 3.73. The van der Waals surface area contributed by atoms with Crippen molar-refractivity contribution in [3.63, 3.8) is 0 Å². The van der Waals surface area contributed by atoms with Crippen LogP contribution in [0.4, 0.5) is 0 Å². The van der Waals surface area contributed by atoms with Crippen LogP contribution in [0.1, 0.15) is 0 Å². The van der Waals surface area contributed by atoms with Gasteiger partial charge in [0, 0.05) is 0 Å². The van der Waals surface area contributed by atoms with Gasteiger partial charge in [0.2, 0.25) is 0 Å². The van der Waals surface area contributed by atoms with Crippen LogP contribution in [0, 0.1) is 0 Å². The number of ether oxygens (including phenoxy) is 4. The predicted octanol–water partition coefficient (Wildman–Crippen LogP) is 4.71. The van der Waals surface area contributed by atoms with Crippen molar-refractivity contribution >= 4 is 23.9 Å². The van der Waals surface area contributed by atoms with E-state index in [1.165, 1.54) is 8.92 Å². The first-order valence-electron chi connectivity index (χ1n) is 10.5. The van der Waals surface area contributed by atoms with Gasteiger partial charge in [-0.15, -0.1) is 0 Å². The summed E-state index contributed by atoms with van der Waals surface area (Å²) in [7, 11) is 6.75. The molecule has 0 saturated carbocycles. The molecule has 33 heavy (non-hydrogen) atoms. The van der Waals surface area contributed by atoms with Crippen LogP contribution in [0.5, 0.6) is 23.0 Å². The second kappa shape index (κ2) is 10.5. The molecule has 4 aromatic carbocycles. The summed E-state index contributed by atoms with van der Waals surface area (Å²) < 4.78 is 25.0. The molecule has 168 valence electrons. The van der Waals surface area contributed by atoms with E-state index in [2.05, 4.69) is 42.5 Å². The summed E-state index contributed by atoms with van der Waals surface area (Å²) in [5, 5.41) is 0. The van der Waals surface area contributed by atoms with E-state index in [9.17, 15) is 0 Å². The van der Waals surface area contributed by atoms with Gasteiger partial charge in [-0.1, -0.05) is 0 Å². The third kappa shape index (κ3) is 4.85. The van der Waals surface area contributed by atoms with E-state index in [-0.39, 0.29) is 15.0 Å². The van der Waals surface area contributed by atoms with Crippen LogP contribution in [-0.2, 0) is 0 Å². The molecule has 0 unspecified atom stereocenters. The first-order chi connectivity index (χ1) is 16.2. The molecule has 0 bridgehead atoms. The van der Waals surface area contributed by atoms with Crippen molar-refractivity contribution in [1.29, 1.82) is 0 Å². The first kappa shape index (κ1) is 22.8. The van der Waals surface area contributed by atoms with Crippen LogP contribution < -0.4 is 27.9 Å². The monoisotopic (exact) mass is 506 g/mol. The average Bonchev–Trinajstić information content (AvgIpc) is 2.88. The zero-order valence-electron chi connectivity index (χ0n) is 19.1. The first-order valence-corrected chi connectivity index (χ1v) is 12.2. The molecule has 5 heteroatoms. The van der Waals surface area contributed by atoms with Crippen molar-refractivity contribution in [3.05, 3.63) is 84.9 Å². The van der Waals surface area contributed by atoms with Gasteiger partial charge < -0.3 is 0 Å². The fraction of sp³-hybridized carbons (Fsp3) is 0.143. The van der Waals surface area contributed by atoms with Crippen molar-refractivity contribution in [1.82, 2.24) is 0 Å². The SMILES string of the molecule is COc1ccc(OC)c(-c2cccc(-c3cc(OC)ccc3OC)c2[Se]c2ccccc2)c1. The molecule has 0 radical (unpaired) electrons. The van der Waals surface area contributed by atoms with Gasteiger partial charge in [-0.25, -0.2) is 0 Å². The van der Waals surface area contributed by atoms with Crippen LogP contribution in [0.3, 0.4) is 0 Å². The Bertz CT molecular complexity index is 1160. The second-order valence-corrected chi connectivity index (χ2v) is 9.50. The normalized spacial score (nSPS) is 10.5. The Morgan fingerprint density at radius 2 is 1.00 bits per heavy atom. The summed E-state index contributed by atoms with van der Waals surface area (Å²) in [5.41, 5.74) is 4.20. The molecule has 0 fully saturated rings. The summed E-state index contributed by atoms with van der Waals surface area (Å²) in [6, 6.07) is 28.7. The summed E-state index contributed by atoms with van der Waals surface area (Å²) in [6.45, 7) is 0. The van der Waals surface area contributed by atoms with E-state index in [1.807, 2.05) is 42.5 Å². The van der Waals surface area contributed by atoms with E-state index in [1.54, 1.807) is 28.4 Å². The topological polar surface area (TPSA) is 36.9 Å². The second-order valence-electron chi connectivity index (χ2n) is 7.23. The summed E-state index contributed by atoms with van der Waals surface area (Å²) in [6.07, 6.45) is 0. The average molecular weight is 505 g/mol. The van der Waals surface area contributed by atoms with Gasteiger partial charge in [0.25, 0.3) is 0 Å². The Balaban J connectivity index is 2.00. The maximum absolute atomic E-state index is 5.74. The third-order valence-corrected chi connectivity index (χ3v) is 7.79. The van der Waals surface area contributed by atoms with Crippen LogP contribution in [0.25, 0.3) is 22.3 Å². The molecule has 0 saturated heterocycles. The molecule has 0 aromatic heterocycles. The molecule has 4 rings (SSSR count). The van der Waals surface area contributed by atoms with Crippen LogP contribution in [0.2, 0.25) is 0 Å². The molecular weight excluding hydrogens is 479 g/mol.